The second-order valence-corrected chi connectivity index (χ2v) is 6.45. The number of nitrogens with one attached hydrogen (secondary N) is 2. The molecule has 138 valence electrons. The van der Waals surface area contributed by atoms with Crippen LogP contribution >= 0.6 is 0 Å². The fraction of sp³-hybridized carbons (Fsp3) is 0.647. The van der Waals surface area contributed by atoms with Crippen LogP contribution in [0, 0.1) is 17.2 Å². The van der Waals surface area contributed by atoms with Gasteiger partial charge >= 0.3 is 5.97 Å². The van der Waals surface area contributed by atoms with Crippen molar-refractivity contribution in [3.63, 3.8) is 0 Å². The van der Waals surface area contributed by atoms with Gasteiger partial charge < -0.3 is 20.6 Å². The maximum Gasteiger partial charge on any atom is 0.326 e. The van der Waals surface area contributed by atoms with Gasteiger partial charge in [-0.2, -0.15) is 5.26 Å². The summed E-state index contributed by atoms with van der Waals surface area (Å²) in [6, 6.07) is 0.918. The molecule has 1 aliphatic rings. The third-order valence-electron chi connectivity index (χ3n) is 3.86. The maximum absolute atomic E-state index is 12.0. The average Bonchev–Trinajstić information content (AvgIpc) is 2.95. The molecule has 0 spiro atoms. The Morgan fingerprint density at radius 1 is 1.44 bits per heavy atom. The number of amides is 2. The molecule has 0 saturated carbocycles. The summed E-state index contributed by atoms with van der Waals surface area (Å²) in [5.74, 6) is -1.29. The SMILES string of the molecule is CC(C)CC(N/C=C(/C#N)C(=O)NCCCN1CCCC1=O)C(=O)O. The molecule has 8 heteroatoms. The summed E-state index contributed by atoms with van der Waals surface area (Å²) < 4.78 is 0. The van der Waals surface area contributed by atoms with Gasteiger partial charge in [0.2, 0.25) is 5.91 Å². The number of carboxylic acid groups (broad SMARTS) is 1. The third kappa shape index (κ3) is 7.25. The van der Waals surface area contributed by atoms with Crippen molar-refractivity contribution < 1.29 is 19.5 Å². The summed E-state index contributed by atoms with van der Waals surface area (Å²) in [5.41, 5.74) is -0.174. The molecule has 0 bridgehead atoms. The van der Waals surface area contributed by atoms with Crippen molar-refractivity contribution in [3.05, 3.63) is 11.8 Å². The molecule has 1 unspecified atom stereocenters. The Balaban J connectivity index is 2.43. The number of nitriles is 1. The number of hydrogen-bond acceptors (Lipinski definition) is 5. The molecule has 25 heavy (non-hydrogen) atoms. The van der Waals surface area contributed by atoms with E-state index in [1.54, 1.807) is 11.0 Å². The first-order valence-electron chi connectivity index (χ1n) is 8.50. The molecule has 1 fully saturated rings. The van der Waals surface area contributed by atoms with E-state index in [-0.39, 0.29) is 17.4 Å². The average molecular weight is 350 g/mol. The lowest BCUT2D eigenvalue weighted by Gasteiger charge is -2.16. The lowest BCUT2D eigenvalue weighted by molar-refractivity contribution is -0.139. The lowest BCUT2D eigenvalue weighted by atomic mass is 10.0. The molecule has 1 saturated heterocycles. The molecular weight excluding hydrogens is 324 g/mol. The zero-order valence-corrected chi connectivity index (χ0v) is 14.7. The van der Waals surface area contributed by atoms with Crippen LogP contribution in [0.2, 0.25) is 0 Å². The Labute approximate surface area is 147 Å². The van der Waals surface area contributed by atoms with E-state index < -0.39 is 17.9 Å². The topological polar surface area (TPSA) is 123 Å². The first-order chi connectivity index (χ1) is 11.8. The molecular formula is C17H26N4O4. The van der Waals surface area contributed by atoms with E-state index in [2.05, 4.69) is 10.6 Å². The number of carbonyl (C=O) groups excluding carboxylic acids is 2. The number of aliphatic carboxylic acids is 1. The smallest absolute Gasteiger partial charge is 0.326 e. The van der Waals surface area contributed by atoms with Crippen LogP contribution < -0.4 is 10.6 Å². The molecule has 1 rings (SSSR count). The van der Waals surface area contributed by atoms with Gasteiger partial charge in [0, 0.05) is 32.3 Å². The number of likely N-dealkylation sites (tertiary alicyclic amines) is 1. The first-order valence-corrected chi connectivity index (χ1v) is 8.50. The molecule has 0 radical (unpaired) electrons. The molecule has 0 aromatic rings. The van der Waals surface area contributed by atoms with Crippen molar-refractivity contribution in [1.29, 1.82) is 5.26 Å². The summed E-state index contributed by atoms with van der Waals surface area (Å²) in [6.45, 7) is 5.47. The molecule has 8 nitrogen and oxygen atoms in total. The van der Waals surface area contributed by atoms with E-state index in [0.717, 1.165) is 19.2 Å². The number of rotatable bonds is 10. The Morgan fingerprint density at radius 3 is 2.68 bits per heavy atom. The van der Waals surface area contributed by atoms with Crippen molar-refractivity contribution in [3.8, 4) is 6.07 Å². The van der Waals surface area contributed by atoms with E-state index >= 15 is 0 Å². The van der Waals surface area contributed by atoms with Gasteiger partial charge in [-0.15, -0.1) is 0 Å². The molecule has 1 aliphatic heterocycles. The number of nitrogens with zero attached hydrogens (tertiary/aromatic N) is 2. The summed E-state index contributed by atoms with van der Waals surface area (Å²) in [4.78, 5) is 36.4. The van der Waals surface area contributed by atoms with Crippen molar-refractivity contribution in [1.82, 2.24) is 15.5 Å². The summed E-state index contributed by atoms with van der Waals surface area (Å²) in [5, 5.41) is 23.4. The maximum atomic E-state index is 12.0. The Bertz CT molecular complexity index is 565. The van der Waals surface area contributed by atoms with Gasteiger partial charge in [-0.25, -0.2) is 4.79 Å². The van der Waals surface area contributed by atoms with Crippen LogP contribution in [0.25, 0.3) is 0 Å². The standard InChI is InChI=1S/C17H26N4O4/c1-12(2)9-14(17(24)25)20-11-13(10-18)16(23)19-6-4-8-21-7-3-5-15(21)22/h11-12,14,20H,3-9H2,1-2H3,(H,19,23)(H,24,25)/b13-11-. The van der Waals surface area contributed by atoms with Crippen LogP contribution in [-0.2, 0) is 14.4 Å². The van der Waals surface area contributed by atoms with Crippen LogP contribution in [0.4, 0.5) is 0 Å². The van der Waals surface area contributed by atoms with E-state index in [1.165, 1.54) is 0 Å². The fourth-order valence-electron chi connectivity index (χ4n) is 2.55. The second-order valence-electron chi connectivity index (χ2n) is 6.45. The zero-order chi connectivity index (χ0) is 18.8. The molecule has 0 aromatic heterocycles. The largest absolute Gasteiger partial charge is 0.480 e. The summed E-state index contributed by atoms with van der Waals surface area (Å²) in [7, 11) is 0. The number of hydrogen-bond donors (Lipinski definition) is 3. The minimum Gasteiger partial charge on any atom is -0.480 e. The molecule has 1 heterocycles. The van der Waals surface area contributed by atoms with E-state index in [0.29, 0.717) is 32.4 Å². The molecule has 0 aromatic carbocycles. The van der Waals surface area contributed by atoms with Gasteiger partial charge in [-0.1, -0.05) is 13.8 Å². The zero-order valence-electron chi connectivity index (χ0n) is 14.7. The van der Waals surface area contributed by atoms with Gasteiger partial charge in [-0.05, 0) is 25.2 Å². The van der Waals surface area contributed by atoms with Crippen LogP contribution in [0.5, 0.6) is 0 Å². The van der Waals surface area contributed by atoms with Gasteiger partial charge in [0.25, 0.3) is 5.91 Å². The highest BCUT2D eigenvalue weighted by Gasteiger charge is 2.20. The third-order valence-corrected chi connectivity index (χ3v) is 3.86. The monoisotopic (exact) mass is 350 g/mol. The quantitative estimate of drug-likeness (QED) is 0.301. The molecule has 2 amide bonds. The highest BCUT2D eigenvalue weighted by Crippen LogP contribution is 2.09. The lowest BCUT2D eigenvalue weighted by Crippen LogP contribution is -2.36. The van der Waals surface area contributed by atoms with Crippen molar-refractivity contribution >= 4 is 17.8 Å². The Hall–Kier alpha value is -2.56. The van der Waals surface area contributed by atoms with Crippen molar-refractivity contribution in [2.75, 3.05) is 19.6 Å². The van der Waals surface area contributed by atoms with Crippen molar-refractivity contribution in [2.45, 2.75) is 45.6 Å². The minimum absolute atomic E-state index is 0.137. The second kappa shape index (κ2) is 10.3. The van der Waals surface area contributed by atoms with Gasteiger partial charge in [-0.3, -0.25) is 9.59 Å². The normalized spacial score (nSPS) is 15.8. The van der Waals surface area contributed by atoms with E-state index in [9.17, 15) is 14.4 Å². The number of carbonyl (C=O) groups is 3. The first kappa shape index (κ1) is 20.5. The number of carboxylic acids is 1. The fourth-order valence-corrected chi connectivity index (χ4v) is 2.55. The van der Waals surface area contributed by atoms with Crippen LogP contribution in [0.15, 0.2) is 11.8 Å². The Kier molecular flexibility index (Phi) is 8.47. The van der Waals surface area contributed by atoms with E-state index in [1.807, 2.05) is 13.8 Å². The minimum atomic E-state index is -1.03. The summed E-state index contributed by atoms with van der Waals surface area (Å²) >= 11 is 0. The predicted octanol–water partition coefficient (Wildman–Crippen LogP) is 0.611. The molecule has 0 aliphatic carbocycles. The van der Waals surface area contributed by atoms with Gasteiger partial charge in [0.15, 0.2) is 0 Å². The van der Waals surface area contributed by atoms with Crippen LogP contribution in [-0.4, -0.2) is 53.5 Å². The Morgan fingerprint density at radius 2 is 2.16 bits per heavy atom. The predicted molar refractivity (Wildman–Crippen MR) is 91.2 cm³/mol. The van der Waals surface area contributed by atoms with Gasteiger partial charge in [0.1, 0.15) is 17.7 Å². The highest BCUT2D eigenvalue weighted by molar-refractivity contribution is 5.97. The van der Waals surface area contributed by atoms with Crippen LogP contribution in [0.3, 0.4) is 0 Å². The molecule has 1 atom stereocenters. The summed E-state index contributed by atoms with van der Waals surface area (Å²) in [6.07, 6.45) is 3.60. The van der Waals surface area contributed by atoms with Gasteiger partial charge in [0.05, 0.1) is 0 Å². The molecule has 3 N–H and O–H groups in total. The van der Waals surface area contributed by atoms with Crippen molar-refractivity contribution in [2.24, 2.45) is 5.92 Å². The highest BCUT2D eigenvalue weighted by atomic mass is 16.4. The van der Waals surface area contributed by atoms with E-state index in [4.69, 9.17) is 10.4 Å². The van der Waals surface area contributed by atoms with Crippen LogP contribution in [0.1, 0.15) is 39.5 Å².